The van der Waals surface area contributed by atoms with Crippen LogP contribution in [0.3, 0.4) is 0 Å². The summed E-state index contributed by atoms with van der Waals surface area (Å²) in [5, 5.41) is 23.5. The molecule has 4 nitrogen and oxygen atoms in total. The maximum Gasteiger partial charge on any atom is 0 e. The minimum absolute atomic E-state index is 0. The molecule has 0 unspecified atom stereocenters. The Morgan fingerprint density at radius 1 is 0.854 bits per heavy atom. The average molecular weight is 877 g/mol. The molecule has 0 bridgehead atoms. The number of carbonyl (C=O) groups excluding carboxylic acids is 1. The number of fused-ring (bicyclic) bond motifs is 2. The first-order valence-electron chi connectivity index (χ1n) is 16.8. The van der Waals surface area contributed by atoms with Crippen molar-refractivity contribution >= 4 is 45.0 Å². The summed E-state index contributed by atoms with van der Waals surface area (Å²) in [4.78, 5) is 16.4. The van der Waals surface area contributed by atoms with Crippen LogP contribution in [0.1, 0.15) is 58.9 Å². The number of nitrogens with zero attached hydrogens (tertiary/aromatic N) is 2. The summed E-state index contributed by atoms with van der Waals surface area (Å²) in [6.07, 6.45) is 6.75. The van der Waals surface area contributed by atoms with Gasteiger partial charge in [-0.15, -0.1) is 6.07 Å². The molecule has 48 heavy (non-hydrogen) atoms. The quantitative estimate of drug-likeness (QED) is 0.0656. The third-order valence-electron chi connectivity index (χ3n) is 9.08. The minimum atomic E-state index is -1.81. The maximum absolute atomic E-state index is 11.7. The van der Waals surface area contributed by atoms with E-state index < -0.39 is 13.3 Å². The van der Waals surface area contributed by atoms with E-state index in [1.807, 2.05) is 70.3 Å². The van der Waals surface area contributed by atoms with E-state index in [1.54, 1.807) is 0 Å². The summed E-state index contributed by atoms with van der Waals surface area (Å²) in [5.74, 6) is 7.80. The van der Waals surface area contributed by atoms with Gasteiger partial charge in [-0.1, -0.05) is 51.3 Å². The van der Waals surface area contributed by atoms with Crippen LogP contribution in [-0.4, -0.2) is 29.1 Å². The number of hydrogen-bond donors (Lipinski definition) is 1. The Bertz CT molecular complexity index is 1910. The Morgan fingerprint density at radius 3 is 2.08 bits per heavy atom. The van der Waals surface area contributed by atoms with Gasteiger partial charge in [0.15, 0.2) is 5.78 Å². The zero-order chi connectivity index (χ0) is 34.1. The molecular weight excluding hydrogens is 829 g/mol. The summed E-state index contributed by atoms with van der Waals surface area (Å²) in [7, 11) is 0. The second kappa shape index (κ2) is 17.7. The largest absolute Gasteiger partial charge is 0 e. The minimum Gasteiger partial charge on any atom is 0 e. The van der Waals surface area contributed by atoms with Gasteiger partial charge in [0.05, 0.1) is 11.8 Å². The van der Waals surface area contributed by atoms with Crippen molar-refractivity contribution in [3.63, 3.8) is 0 Å². The molecule has 251 valence electrons. The number of ketones is 1. The Labute approximate surface area is 303 Å². The van der Waals surface area contributed by atoms with Gasteiger partial charge in [-0.2, -0.15) is 5.26 Å². The first-order chi connectivity index (χ1) is 22.5. The summed E-state index contributed by atoms with van der Waals surface area (Å²) >= 11 is -1.81. The van der Waals surface area contributed by atoms with Crippen molar-refractivity contribution in [2.45, 2.75) is 70.6 Å². The van der Waals surface area contributed by atoms with Crippen LogP contribution in [0.4, 0.5) is 0 Å². The van der Waals surface area contributed by atoms with Crippen LogP contribution in [0.25, 0.3) is 43.9 Å². The molecule has 1 N–H and O–H groups in total. The van der Waals surface area contributed by atoms with Gasteiger partial charge >= 0.3 is 151 Å². The molecule has 0 atom stereocenters. The van der Waals surface area contributed by atoms with Gasteiger partial charge in [0.2, 0.25) is 0 Å². The van der Waals surface area contributed by atoms with E-state index in [9.17, 15) is 15.2 Å². The van der Waals surface area contributed by atoms with Crippen molar-refractivity contribution in [1.29, 1.82) is 5.26 Å². The van der Waals surface area contributed by atoms with Gasteiger partial charge in [0.25, 0.3) is 0 Å². The molecule has 5 aromatic rings. The molecule has 0 saturated carbocycles. The number of aliphatic hydroxyl groups is 1. The topological polar surface area (TPSA) is 74.0 Å². The number of rotatable bonds is 10. The summed E-state index contributed by atoms with van der Waals surface area (Å²) in [6.45, 7) is 8.07. The monoisotopic (exact) mass is 878 g/mol. The van der Waals surface area contributed by atoms with Gasteiger partial charge in [-0.3, -0.25) is 4.79 Å². The number of benzene rings is 4. The van der Waals surface area contributed by atoms with Crippen LogP contribution in [0.2, 0.25) is 17.3 Å². The van der Waals surface area contributed by atoms with Crippen LogP contribution in [-0.2, 0) is 24.9 Å². The van der Waals surface area contributed by atoms with Crippen molar-refractivity contribution in [3.05, 3.63) is 109 Å². The first-order valence-corrected chi connectivity index (χ1v) is 24.2. The molecule has 1 heterocycles. The van der Waals surface area contributed by atoms with Crippen molar-refractivity contribution < 1.29 is 30.0 Å². The number of aromatic nitrogens is 1. The fraction of sp³-hybridized carbons (Fsp3) is 0.310. The zero-order valence-corrected chi connectivity index (χ0v) is 33.7. The third kappa shape index (κ3) is 9.32. The molecule has 1 aromatic heterocycles. The Morgan fingerprint density at radius 2 is 1.48 bits per heavy atom. The van der Waals surface area contributed by atoms with Crippen LogP contribution < -0.4 is 4.40 Å². The summed E-state index contributed by atoms with van der Waals surface area (Å²) < 4.78 is 1.51. The molecule has 4 aromatic carbocycles. The van der Waals surface area contributed by atoms with E-state index in [0.717, 1.165) is 58.5 Å². The number of hydrogen-bond acceptors (Lipinski definition) is 4. The van der Waals surface area contributed by atoms with Crippen molar-refractivity contribution in [1.82, 2.24) is 4.98 Å². The number of pyridine rings is 1. The zero-order valence-electron chi connectivity index (χ0n) is 29.2. The SMILES string of the molecule is CCC(CC)C(=O)/C=C(\O)C(CC)CC.[CH3][Ge]([CH3])([CH3])[c]1ccc(-c2ccc3c(-c4[c-]c5ccccc5c(C#N)c4)nccc3c2)cc1.[Ir]. The number of carbonyl (C=O) groups is 1. The average Bonchev–Trinajstić information content (AvgIpc) is 3.08. The Hall–Kier alpha value is -3.56. The van der Waals surface area contributed by atoms with E-state index in [1.165, 1.54) is 21.6 Å². The van der Waals surface area contributed by atoms with Crippen LogP contribution in [0.5, 0.6) is 0 Å². The van der Waals surface area contributed by atoms with E-state index in [0.29, 0.717) is 5.56 Å². The number of allylic oxidation sites excluding steroid dienone is 2. The predicted molar refractivity (Wildman–Crippen MR) is 201 cm³/mol. The standard InChI is InChI=1S/C29H23GeN2.C13H24O2.Ir/c1-30(2,3)26-11-8-20(9-12-26)21-10-13-28-23(16-21)14-15-32-29(28)24-17-22-6-4-5-7-27(22)25(18-24)19-31;1-5-10(6-2)12(14)9-13(15)11(7-3)8-4;/h4-16,18H,1-3H3;9-11,14H,5-8H2,1-4H3;/q-1;;/b;12-9-;. The van der Waals surface area contributed by atoms with Crippen molar-refractivity contribution in [2.24, 2.45) is 11.8 Å². The summed E-state index contributed by atoms with van der Waals surface area (Å²) in [5.41, 5.74) is 4.77. The van der Waals surface area contributed by atoms with Gasteiger partial charge in [-0.25, -0.2) is 0 Å². The molecule has 5 rings (SSSR count). The molecule has 1 radical (unpaired) electrons. The molecule has 0 aliphatic heterocycles. The van der Waals surface area contributed by atoms with Gasteiger partial charge in [-0.05, 0) is 25.7 Å². The fourth-order valence-electron chi connectivity index (χ4n) is 5.96. The number of aliphatic hydroxyl groups excluding tert-OH is 1. The molecule has 0 spiro atoms. The van der Waals surface area contributed by atoms with Crippen LogP contribution in [0, 0.1) is 29.2 Å². The van der Waals surface area contributed by atoms with Gasteiger partial charge in [0, 0.05) is 38.0 Å². The molecule has 0 aliphatic rings. The first kappa shape index (κ1) is 38.9. The molecule has 0 aliphatic carbocycles. The number of nitriles is 1. The van der Waals surface area contributed by atoms with E-state index in [-0.39, 0.29) is 43.5 Å². The summed E-state index contributed by atoms with van der Waals surface area (Å²) in [6, 6.07) is 33.2. The van der Waals surface area contributed by atoms with Gasteiger partial charge < -0.3 is 5.11 Å². The molecule has 0 amide bonds. The molecule has 0 saturated heterocycles. The van der Waals surface area contributed by atoms with Crippen molar-refractivity contribution in [3.8, 4) is 28.5 Å². The molecule has 6 heteroatoms. The normalized spacial score (nSPS) is 11.6. The second-order valence-electron chi connectivity index (χ2n) is 13.2. The fourth-order valence-corrected chi connectivity index (χ4v) is 8.41. The van der Waals surface area contributed by atoms with Gasteiger partial charge in [0.1, 0.15) is 0 Å². The Kier molecular flexibility index (Phi) is 14.4. The van der Waals surface area contributed by atoms with Crippen LogP contribution in [0.15, 0.2) is 96.9 Å². The smallest absolute Gasteiger partial charge is 0 e. The van der Waals surface area contributed by atoms with E-state index in [2.05, 4.69) is 76.9 Å². The molecular formula is C42H47GeIrN2O2-. The van der Waals surface area contributed by atoms with E-state index >= 15 is 0 Å². The molecule has 0 fully saturated rings. The van der Waals surface area contributed by atoms with Crippen LogP contribution >= 0.6 is 0 Å². The predicted octanol–water partition coefficient (Wildman–Crippen LogP) is 10.8. The second-order valence-corrected chi connectivity index (χ2v) is 23.8. The van der Waals surface area contributed by atoms with Crippen molar-refractivity contribution in [2.75, 3.05) is 0 Å². The van der Waals surface area contributed by atoms with E-state index in [4.69, 9.17) is 0 Å². The maximum atomic E-state index is 11.7. The Balaban J connectivity index is 0.000000334. The third-order valence-corrected chi connectivity index (χ3v) is 13.4.